The van der Waals surface area contributed by atoms with Crippen molar-refractivity contribution < 1.29 is 0 Å². The summed E-state index contributed by atoms with van der Waals surface area (Å²) < 4.78 is 0. The number of rotatable bonds is 5. The molecule has 84 valence electrons. The predicted octanol–water partition coefficient (Wildman–Crippen LogP) is 2.44. The third kappa shape index (κ3) is 2.80. The van der Waals surface area contributed by atoms with Crippen molar-refractivity contribution in [3.05, 3.63) is 21.9 Å². The van der Waals surface area contributed by atoms with Gasteiger partial charge in [-0.15, -0.1) is 11.3 Å². The van der Waals surface area contributed by atoms with Gasteiger partial charge in [0.2, 0.25) is 0 Å². The SMILES string of the molecule is CC(C1CC1)N(C)Cc1ccc(CN)s1. The van der Waals surface area contributed by atoms with Gasteiger partial charge in [0.1, 0.15) is 0 Å². The summed E-state index contributed by atoms with van der Waals surface area (Å²) in [6.45, 7) is 4.09. The van der Waals surface area contributed by atoms with Gasteiger partial charge in [0.05, 0.1) is 0 Å². The van der Waals surface area contributed by atoms with Crippen LogP contribution in [0.1, 0.15) is 29.5 Å². The molecule has 0 spiro atoms. The van der Waals surface area contributed by atoms with Crippen molar-refractivity contribution in [1.82, 2.24) is 4.90 Å². The van der Waals surface area contributed by atoms with Crippen LogP contribution in [0.3, 0.4) is 0 Å². The molecular formula is C12H20N2S. The van der Waals surface area contributed by atoms with Crippen LogP contribution in [0.25, 0.3) is 0 Å². The van der Waals surface area contributed by atoms with Crippen molar-refractivity contribution in [1.29, 1.82) is 0 Å². The van der Waals surface area contributed by atoms with Gasteiger partial charge in [-0.3, -0.25) is 4.90 Å². The van der Waals surface area contributed by atoms with Crippen LogP contribution in [0.4, 0.5) is 0 Å². The second-order valence-corrected chi connectivity index (χ2v) is 5.82. The summed E-state index contributed by atoms with van der Waals surface area (Å²) in [5, 5.41) is 0. The molecule has 0 aliphatic heterocycles. The minimum Gasteiger partial charge on any atom is -0.326 e. The van der Waals surface area contributed by atoms with E-state index in [1.165, 1.54) is 22.6 Å². The van der Waals surface area contributed by atoms with Crippen LogP contribution < -0.4 is 5.73 Å². The molecule has 1 aliphatic carbocycles. The van der Waals surface area contributed by atoms with Crippen molar-refractivity contribution in [2.45, 2.75) is 38.9 Å². The molecule has 0 amide bonds. The molecule has 2 nitrogen and oxygen atoms in total. The summed E-state index contributed by atoms with van der Waals surface area (Å²) in [6.07, 6.45) is 2.84. The first-order valence-electron chi connectivity index (χ1n) is 5.68. The van der Waals surface area contributed by atoms with Gasteiger partial charge >= 0.3 is 0 Å². The van der Waals surface area contributed by atoms with Crippen molar-refractivity contribution in [3.8, 4) is 0 Å². The van der Waals surface area contributed by atoms with E-state index >= 15 is 0 Å². The van der Waals surface area contributed by atoms with Crippen LogP contribution in [0, 0.1) is 5.92 Å². The number of hydrogen-bond donors (Lipinski definition) is 1. The van der Waals surface area contributed by atoms with Gasteiger partial charge in [0.15, 0.2) is 0 Å². The Bertz CT molecular complexity index is 317. The lowest BCUT2D eigenvalue weighted by molar-refractivity contribution is 0.228. The topological polar surface area (TPSA) is 29.3 Å². The molecule has 1 aromatic heterocycles. The van der Waals surface area contributed by atoms with Crippen molar-refractivity contribution >= 4 is 11.3 Å². The van der Waals surface area contributed by atoms with Crippen molar-refractivity contribution in [2.24, 2.45) is 11.7 Å². The van der Waals surface area contributed by atoms with Crippen LogP contribution in [0.15, 0.2) is 12.1 Å². The van der Waals surface area contributed by atoms with E-state index in [2.05, 4.69) is 31.0 Å². The van der Waals surface area contributed by atoms with Crippen LogP contribution in [-0.4, -0.2) is 18.0 Å². The minimum atomic E-state index is 0.673. The highest BCUT2D eigenvalue weighted by Crippen LogP contribution is 2.35. The second kappa shape index (κ2) is 4.64. The zero-order valence-corrected chi connectivity index (χ0v) is 10.4. The van der Waals surface area contributed by atoms with Gasteiger partial charge in [0, 0.05) is 28.9 Å². The first-order chi connectivity index (χ1) is 7.20. The van der Waals surface area contributed by atoms with Gasteiger partial charge in [-0.1, -0.05) is 0 Å². The van der Waals surface area contributed by atoms with Crippen LogP contribution in [0.5, 0.6) is 0 Å². The molecule has 1 heterocycles. The van der Waals surface area contributed by atoms with Gasteiger partial charge < -0.3 is 5.73 Å². The molecule has 1 aliphatic rings. The quantitative estimate of drug-likeness (QED) is 0.832. The fourth-order valence-electron chi connectivity index (χ4n) is 1.95. The highest BCUT2D eigenvalue weighted by Gasteiger charge is 2.30. The van der Waals surface area contributed by atoms with E-state index in [4.69, 9.17) is 5.73 Å². The zero-order valence-electron chi connectivity index (χ0n) is 9.57. The normalized spacial score (nSPS) is 18.4. The Hall–Kier alpha value is -0.380. The molecule has 1 unspecified atom stereocenters. The number of nitrogens with two attached hydrogens (primary N) is 1. The number of hydrogen-bond acceptors (Lipinski definition) is 3. The maximum absolute atomic E-state index is 5.61. The summed E-state index contributed by atoms with van der Waals surface area (Å²) in [4.78, 5) is 5.19. The Balaban J connectivity index is 1.89. The number of nitrogens with zero attached hydrogens (tertiary/aromatic N) is 1. The van der Waals surface area contributed by atoms with E-state index in [1.807, 2.05) is 11.3 Å². The Kier molecular flexibility index (Phi) is 3.44. The van der Waals surface area contributed by atoms with Gasteiger partial charge in [-0.05, 0) is 44.9 Å². The lowest BCUT2D eigenvalue weighted by atomic mass is 10.2. The summed E-state index contributed by atoms with van der Waals surface area (Å²) in [5.41, 5.74) is 5.61. The van der Waals surface area contributed by atoms with E-state index in [0.29, 0.717) is 6.54 Å². The van der Waals surface area contributed by atoms with Crippen LogP contribution >= 0.6 is 11.3 Å². The summed E-state index contributed by atoms with van der Waals surface area (Å²) in [6, 6.07) is 5.09. The third-order valence-electron chi connectivity index (χ3n) is 3.32. The lowest BCUT2D eigenvalue weighted by Crippen LogP contribution is -2.29. The fraction of sp³-hybridized carbons (Fsp3) is 0.667. The lowest BCUT2D eigenvalue weighted by Gasteiger charge is -2.23. The summed E-state index contributed by atoms with van der Waals surface area (Å²) in [7, 11) is 2.23. The molecule has 1 atom stereocenters. The van der Waals surface area contributed by atoms with Crippen LogP contribution in [0.2, 0.25) is 0 Å². The van der Waals surface area contributed by atoms with E-state index in [1.54, 1.807) is 0 Å². The summed E-state index contributed by atoms with van der Waals surface area (Å²) in [5.74, 6) is 0.948. The van der Waals surface area contributed by atoms with Crippen LogP contribution in [-0.2, 0) is 13.1 Å². The molecule has 0 saturated heterocycles. The average Bonchev–Trinajstić information content (AvgIpc) is 2.98. The largest absolute Gasteiger partial charge is 0.326 e. The molecule has 0 radical (unpaired) electrons. The molecule has 0 aromatic carbocycles. The Morgan fingerprint density at radius 1 is 1.47 bits per heavy atom. The molecular weight excluding hydrogens is 204 g/mol. The van der Waals surface area contributed by atoms with E-state index in [9.17, 15) is 0 Å². The van der Waals surface area contributed by atoms with E-state index in [-0.39, 0.29) is 0 Å². The molecule has 2 rings (SSSR count). The highest BCUT2D eigenvalue weighted by atomic mass is 32.1. The Morgan fingerprint density at radius 2 is 2.13 bits per heavy atom. The number of thiophene rings is 1. The molecule has 1 saturated carbocycles. The maximum atomic E-state index is 5.61. The first kappa shape index (κ1) is 11.1. The fourth-order valence-corrected chi connectivity index (χ4v) is 2.91. The second-order valence-electron chi connectivity index (χ2n) is 4.57. The molecule has 0 bridgehead atoms. The molecule has 3 heteroatoms. The smallest absolute Gasteiger partial charge is 0.0327 e. The van der Waals surface area contributed by atoms with Gasteiger partial charge in [-0.25, -0.2) is 0 Å². The van der Waals surface area contributed by atoms with E-state index < -0.39 is 0 Å². The highest BCUT2D eigenvalue weighted by molar-refractivity contribution is 7.11. The minimum absolute atomic E-state index is 0.673. The van der Waals surface area contributed by atoms with Crippen molar-refractivity contribution in [3.63, 3.8) is 0 Å². The third-order valence-corrected chi connectivity index (χ3v) is 4.42. The van der Waals surface area contributed by atoms with Gasteiger partial charge in [-0.2, -0.15) is 0 Å². The standard InChI is InChI=1S/C12H20N2S/c1-9(10-3-4-10)14(2)8-12-6-5-11(7-13)15-12/h5-6,9-10H,3-4,7-8,13H2,1-2H3. The first-order valence-corrected chi connectivity index (χ1v) is 6.50. The summed E-state index contributed by atoms with van der Waals surface area (Å²) >= 11 is 1.84. The van der Waals surface area contributed by atoms with E-state index in [0.717, 1.165) is 18.5 Å². The predicted molar refractivity (Wildman–Crippen MR) is 65.9 cm³/mol. The van der Waals surface area contributed by atoms with Gasteiger partial charge in [0.25, 0.3) is 0 Å². The average molecular weight is 224 g/mol. The molecule has 1 fully saturated rings. The zero-order chi connectivity index (χ0) is 10.8. The molecule has 1 aromatic rings. The molecule has 2 N–H and O–H groups in total. The maximum Gasteiger partial charge on any atom is 0.0327 e. The monoisotopic (exact) mass is 224 g/mol. The van der Waals surface area contributed by atoms with Crippen molar-refractivity contribution in [2.75, 3.05) is 7.05 Å². The Labute approximate surface area is 96.1 Å². The Morgan fingerprint density at radius 3 is 2.67 bits per heavy atom. The molecule has 15 heavy (non-hydrogen) atoms.